The summed E-state index contributed by atoms with van der Waals surface area (Å²) in [4.78, 5) is 9.55. The number of alkyl halides is 2. The summed E-state index contributed by atoms with van der Waals surface area (Å²) in [6.45, 7) is 1.77. The van der Waals surface area contributed by atoms with Crippen LogP contribution in [0.4, 0.5) is 0 Å². The van der Waals surface area contributed by atoms with E-state index < -0.39 is 10.8 Å². The topological polar surface area (TPSA) is 37.3 Å². The SMILES string of the molecule is C[C@H](Br)[C@@H](Br)C(=O)O. The van der Waals surface area contributed by atoms with Gasteiger partial charge in [-0.15, -0.1) is 0 Å². The van der Waals surface area contributed by atoms with Crippen molar-refractivity contribution >= 4 is 37.8 Å². The van der Waals surface area contributed by atoms with Crippen LogP contribution < -0.4 is 0 Å². The molecule has 1 N–H and O–H groups in total. The number of halogens is 2. The van der Waals surface area contributed by atoms with E-state index in [0.29, 0.717) is 0 Å². The first kappa shape index (κ1) is 8.43. The maximum Gasteiger partial charge on any atom is 0.318 e. The summed E-state index contributed by atoms with van der Waals surface area (Å²) in [5, 5.41) is 8.28. The first-order chi connectivity index (χ1) is 3.55. The third-order valence-electron chi connectivity index (χ3n) is 0.639. The van der Waals surface area contributed by atoms with Gasteiger partial charge in [-0.05, 0) is 0 Å². The van der Waals surface area contributed by atoms with Crippen molar-refractivity contribution < 1.29 is 9.90 Å². The van der Waals surface area contributed by atoms with Crippen LogP contribution in [0.1, 0.15) is 6.92 Å². The van der Waals surface area contributed by atoms with Gasteiger partial charge in [0, 0.05) is 4.83 Å². The molecule has 0 bridgehead atoms. The summed E-state index contributed by atoms with van der Waals surface area (Å²) >= 11 is 6.07. The molecule has 0 fully saturated rings. The van der Waals surface area contributed by atoms with Crippen molar-refractivity contribution in [3.05, 3.63) is 0 Å². The zero-order valence-electron chi connectivity index (χ0n) is 4.27. The van der Waals surface area contributed by atoms with Crippen LogP contribution in [0.15, 0.2) is 0 Å². The van der Waals surface area contributed by atoms with Crippen molar-refractivity contribution in [1.82, 2.24) is 0 Å². The standard InChI is InChI=1S/C4H6Br2O2/c1-2(5)3(6)4(7)8/h2-3H,1H3,(H,7,8)/t2-,3+/m0/s1. The molecule has 0 aliphatic heterocycles. The number of carboxylic acids is 1. The van der Waals surface area contributed by atoms with Crippen LogP contribution >= 0.6 is 31.9 Å². The largest absolute Gasteiger partial charge is 0.480 e. The van der Waals surface area contributed by atoms with Crippen LogP contribution in [0.25, 0.3) is 0 Å². The third kappa shape index (κ3) is 2.67. The highest BCUT2D eigenvalue weighted by atomic mass is 79.9. The van der Waals surface area contributed by atoms with E-state index in [-0.39, 0.29) is 4.83 Å². The number of carboxylic acid groups (broad SMARTS) is 1. The minimum absolute atomic E-state index is 0.0278. The highest BCUT2D eigenvalue weighted by Gasteiger charge is 2.17. The minimum Gasteiger partial charge on any atom is -0.480 e. The predicted octanol–water partition coefficient (Wildman–Crippen LogP) is 1.62. The van der Waals surface area contributed by atoms with Gasteiger partial charge in [0.2, 0.25) is 0 Å². The molecule has 0 rings (SSSR count). The molecule has 0 aliphatic rings. The minimum atomic E-state index is -0.839. The van der Waals surface area contributed by atoms with Crippen molar-refractivity contribution in [2.75, 3.05) is 0 Å². The fraction of sp³-hybridized carbons (Fsp3) is 0.750. The van der Waals surface area contributed by atoms with Crippen molar-refractivity contribution in [1.29, 1.82) is 0 Å². The molecule has 0 amide bonds. The fourth-order valence-corrected chi connectivity index (χ4v) is 0.423. The van der Waals surface area contributed by atoms with Gasteiger partial charge in [0.25, 0.3) is 0 Å². The van der Waals surface area contributed by atoms with Crippen LogP contribution in [0.5, 0.6) is 0 Å². The average molecular weight is 246 g/mol. The van der Waals surface area contributed by atoms with E-state index in [4.69, 9.17) is 5.11 Å². The van der Waals surface area contributed by atoms with Gasteiger partial charge in [0.1, 0.15) is 4.83 Å². The quantitative estimate of drug-likeness (QED) is 0.751. The van der Waals surface area contributed by atoms with Gasteiger partial charge in [-0.2, -0.15) is 0 Å². The number of hydrogen-bond donors (Lipinski definition) is 1. The van der Waals surface area contributed by atoms with Gasteiger partial charge in [-0.1, -0.05) is 38.8 Å². The van der Waals surface area contributed by atoms with E-state index in [2.05, 4.69) is 31.9 Å². The van der Waals surface area contributed by atoms with Gasteiger partial charge < -0.3 is 5.11 Å². The maximum absolute atomic E-state index is 10.1. The molecule has 0 unspecified atom stereocenters. The van der Waals surface area contributed by atoms with Crippen molar-refractivity contribution in [3.8, 4) is 0 Å². The van der Waals surface area contributed by atoms with Gasteiger partial charge in [0.15, 0.2) is 0 Å². The Bertz CT molecular complexity index is 92.0. The Labute approximate surface area is 64.5 Å². The lowest BCUT2D eigenvalue weighted by Gasteiger charge is -2.03. The molecule has 0 radical (unpaired) electrons. The lowest BCUT2D eigenvalue weighted by molar-refractivity contribution is -0.136. The average Bonchev–Trinajstić information content (AvgIpc) is 1.64. The van der Waals surface area contributed by atoms with E-state index >= 15 is 0 Å². The van der Waals surface area contributed by atoms with Gasteiger partial charge in [0.05, 0.1) is 0 Å². The molecule has 0 aromatic carbocycles. The second-order valence-electron chi connectivity index (χ2n) is 1.42. The van der Waals surface area contributed by atoms with Crippen molar-refractivity contribution in [2.45, 2.75) is 16.6 Å². The molecule has 0 saturated carbocycles. The summed E-state index contributed by atoms with van der Waals surface area (Å²) in [5.41, 5.74) is 0. The molecule has 48 valence electrons. The highest BCUT2D eigenvalue weighted by molar-refractivity contribution is 9.12. The molecule has 0 heterocycles. The molecule has 0 aromatic rings. The van der Waals surface area contributed by atoms with Crippen LogP contribution in [0, 0.1) is 0 Å². The Morgan fingerprint density at radius 1 is 1.62 bits per heavy atom. The van der Waals surface area contributed by atoms with Gasteiger partial charge >= 0.3 is 5.97 Å². The molecule has 0 saturated heterocycles. The normalized spacial score (nSPS) is 17.4. The molecule has 0 aromatic heterocycles. The van der Waals surface area contributed by atoms with Gasteiger partial charge in [-0.3, -0.25) is 4.79 Å². The second-order valence-corrected chi connectivity index (χ2v) is 3.85. The Kier molecular flexibility index (Phi) is 3.64. The Morgan fingerprint density at radius 3 is 2.00 bits per heavy atom. The van der Waals surface area contributed by atoms with E-state index in [1.165, 1.54) is 0 Å². The number of carbonyl (C=O) groups is 1. The number of hydrogen-bond acceptors (Lipinski definition) is 1. The van der Waals surface area contributed by atoms with E-state index in [1.807, 2.05) is 0 Å². The van der Waals surface area contributed by atoms with Gasteiger partial charge in [-0.25, -0.2) is 0 Å². The third-order valence-corrected chi connectivity index (χ3v) is 3.06. The molecule has 0 aliphatic carbocycles. The molecule has 2 atom stereocenters. The van der Waals surface area contributed by atoms with Crippen molar-refractivity contribution in [3.63, 3.8) is 0 Å². The molecule has 0 spiro atoms. The molecule has 4 heteroatoms. The van der Waals surface area contributed by atoms with Crippen LogP contribution in [-0.4, -0.2) is 20.7 Å². The summed E-state index contributed by atoms with van der Waals surface area (Å²) in [7, 11) is 0. The molecule has 2 nitrogen and oxygen atoms in total. The van der Waals surface area contributed by atoms with E-state index in [9.17, 15) is 4.79 Å². The van der Waals surface area contributed by atoms with Crippen LogP contribution in [0.2, 0.25) is 0 Å². The smallest absolute Gasteiger partial charge is 0.318 e. The monoisotopic (exact) mass is 244 g/mol. The zero-order valence-corrected chi connectivity index (χ0v) is 7.44. The van der Waals surface area contributed by atoms with E-state index in [0.717, 1.165) is 0 Å². The molecular weight excluding hydrogens is 240 g/mol. The van der Waals surface area contributed by atoms with E-state index in [1.54, 1.807) is 6.92 Å². The summed E-state index contributed by atoms with van der Waals surface area (Å²) in [6.07, 6.45) is 0. The molecule has 8 heavy (non-hydrogen) atoms. The Balaban J connectivity index is 3.64. The summed E-state index contributed by atoms with van der Waals surface area (Å²) < 4.78 is 0. The molecular formula is C4H6Br2O2. The Morgan fingerprint density at radius 2 is 2.00 bits per heavy atom. The number of rotatable bonds is 2. The summed E-state index contributed by atoms with van der Waals surface area (Å²) in [5.74, 6) is -0.839. The maximum atomic E-state index is 10.1. The first-order valence-corrected chi connectivity index (χ1v) is 3.89. The van der Waals surface area contributed by atoms with Crippen LogP contribution in [0.3, 0.4) is 0 Å². The predicted molar refractivity (Wildman–Crippen MR) is 38.7 cm³/mol. The lowest BCUT2D eigenvalue weighted by Crippen LogP contribution is -2.20. The second kappa shape index (κ2) is 3.45. The summed E-state index contributed by atoms with van der Waals surface area (Å²) in [6, 6.07) is 0. The first-order valence-electron chi connectivity index (χ1n) is 2.06. The zero-order chi connectivity index (χ0) is 6.73. The van der Waals surface area contributed by atoms with Crippen molar-refractivity contribution in [2.24, 2.45) is 0 Å². The fourth-order valence-electron chi connectivity index (χ4n) is 0.196. The lowest BCUT2D eigenvalue weighted by atomic mass is 10.3. The number of aliphatic carboxylic acids is 1. The highest BCUT2D eigenvalue weighted by Crippen LogP contribution is 2.12. The Hall–Kier alpha value is 0.430. The van der Waals surface area contributed by atoms with Crippen LogP contribution in [-0.2, 0) is 4.79 Å².